The summed E-state index contributed by atoms with van der Waals surface area (Å²) >= 11 is 5.90. The summed E-state index contributed by atoms with van der Waals surface area (Å²) in [7, 11) is 2.15. The molecule has 2 aliphatic rings. The molecule has 1 aromatic rings. The van der Waals surface area contributed by atoms with Crippen molar-refractivity contribution in [3.63, 3.8) is 0 Å². The summed E-state index contributed by atoms with van der Waals surface area (Å²) in [6, 6.07) is 7.45. The largest absolute Gasteiger partial charge is 0.396 e. The molecule has 0 aromatic heterocycles. The predicted molar refractivity (Wildman–Crippen MR) is 99.7 cm³/mol. The third-order valence-corrected chi connectivity index (χ3v) is 5.77. The first-order chi connectivity index (χ1) is 12.0. The van der Waals surface area contributed by atoms with Gasteiger partial charge in [0.15, 0.2) is 0 Å². The van der Waals surface area contributed by atoms with Crippen molar-refractivity contribution in [2.24, 2.45) is 11.8 Å². The lowest BCUT2D eigenvalue weighted by molar-refractivity contribution is -0.129. The molecule has 0 saturated carbocycles. The lowest BCUT2D eigenvalue weighted by Crippen LogP contribution is -2.47. The zero-order chi connectivity index (χ0) is 17.8. The molecule has 2 atom stereocenters. The van der Waals surface area contributed by atoms with Gasteiger partial charge in [0.1, 0.15) is 0 Å². The SMILES string of the molecule is CN1CCN(C[C@@H]2CN(C(=O)Cc3ccc(Cl)cc3)C[C@@H]2CO)CC1. The normalized spacial score (nSPS) is 25.5. The van der Waals surface area contributed by atoms with Gasteiger partial charge in [-0.05, 0) is 30.7 Å². The molecule has 2 fully saturated rings. The number of carbonyl (C=O) groups excluding carboxylic acids is 1. The van der Waals surface area contributed by atoms with Gasteiger partial charge in [-0.15, -0.1) is 0 Å². The number of rotatable bonds is 5. The Hall–Kier alpha value is -1.14. The maximum atomic E-state index is 12.6. The fraction of sp³-hybridized carbons (Fsp3) is 0.632. The highest BCUT2D eigenvalue weighted by atomic mass is 35.5. The van der Waals surface area contributed by atoms with Crippen LogP contribution in [0.2, 0.25) is 5.02 Å². The topological polar surface area (TPSA) is 47.0 Å². The number of amides is 1. The van der Waals surface area contributed by atoms with Gasteiger partial charge in [-0.2, -0.15) is 0 Å². The highest BCUT2D eigenvalue weighted by Crippen LogP contribution is 2.25. The Morgan fingerprint density at radius 1 is 1.12 bits per heavy atom. The molecule has 25 heavy (non-hydrogen) atoms. The van der Waals surface area contributed by atoms with Gasteiger partial charge in [0.05, 0.1) is 6.42 Å². The second-order valence-electron chi connectivity index (χ2n) is 7.41. The molecular weight excluding hydrogens is 338 g/mol. The summed E-state index contributed by atoms with van der Waals surface area (Å²) in [5.74, 6) is 0.693. The van der Waals surface area contributed by atoms with Crippen molar-refractivity contribution in [1.29, 1.82) is 0 Å². The zero-order valence-corrected chi connectivity index (χ0v) is 15.7. The molecule has 3 rings (SSSR count). The molecule has 1 N–H and O–H groups in total. The zero-order valence-electron chi connectivity index (χ0n) is 14.9. The van der Waals surface area contributed by atoms with Crippen LogP contribution in [0, 0.1) is 11.8 Å². The minimum atomic E-state index is 0.140. The van der Waals surface area contributed by atoms with Crippen LogP contribution in [0.3, 0.4) is 0 Å². The van der Waals surface area contributed by atoms with Crippen LogP contribution in [0.4, 0.5) is 0 Å². The monoisotopic (exact) mass is 365 g/mol. The molecule has 1 aromatic carbocycles. The molecule has 2 heterocycles. The molecule has 0 aliphatic carbocycles. The van der Waals surface area contributed by atoms with Crippen molar-refractivity contribution in [3.8, 4) is 0 Å². The van der Waals surface area contributed by atoms with E-state index in [0.717, 1.165) is 44.8 Å². The van der Waals surface area contributed by atoms with Gasteiger partial charge in [0, 0.05) is 63.4 Å². The van der Waals surface area contributed by atoms with Crippen molar-refractivity contribution in [1.82, 2.24) is 14.7 Å². The minimum Gasteiger partial charge on any atom is -0.396 e. The van der Waals surface area contributed by atoms with E-state index in [1.54, 1.807) is 0 Å². The summed E-state index contributed by atoms with van der Waals surface area (Å²) in [6.07, 6.45) is 0.399. The van der Waals surface area contributed by atoms with E-state index in [2.05, 4.69) is 16.8 Å². The Labute approximate surface area is 155 Å². The first-order valence-corrected chi connectivity index (χ1v) is 9.47. The Kier molecular flexibility index (Phi) is 6.34. The van der Waals surface area contributed by atoms with Gasteiger partial charge >= 0.3 is 0 Å². The van der Waals surface area contributed by atoms with Gasteiger partial charge in [-0.3, -0.25) is 4.79 Å². The van der Waals surface area contributed by atoms with Gasteiger partial charge < -0.3 is 19.8 Å². The van der Waals surface area contributed by atoms with E-state index in [9.17, 15) is 9.90 Å². The Balaban J connectivity index is 1.54. The Bertz CT molecular complexity index is 573. The number of likely N-dealkylation sites (N-methyl/N-ethyl adjacent to an activating group) is 1. The van der Waals surface area contributed by atoms with Crippen molar-refractivity contribution in [2.45, 2.75) is 6.42 Å². The lowest BCUT2D eigenvalue weighted by Gasteiger charge is -2.34. The second-order valence-corrected chi connectivity index (χ2v) is 7.85. The molecule has 0 bridgehead atoms. The molecule has 5 nitrogen and oxygen atoms in total. The van der Waals surface area contributed by atoms with Crippen LogP contribution in [-0.2, 0) is 11.2 Å². The maximum absolute atomic E-state index is 12.6. The van der Waals surface area contributed by atoms with Crippen LogP contribution in [-0.4, -0.2) is 85.2 Å². The van der Waals surface area contributed by atoms with E-state index >= 15 is 0 Å². The summed E-state index contributed by atoms with van der Waals surface area (Å²) in [5, 5.41) is 10.4. The number of nitrogens with zero attached hydrogens (tertiary/aromatic N) is 3. The van der Waals surface area contributed by atoms with Crippen LogP contribution in [0.5, 0.6) is 0 Å². The quantitative estimate of drug-likeness (QED) is 0.851. The number of likely N-dealkylation sites (tertiary alicyclic amines) is 1. The van der Waals surface area contributed by atoms with Crippen molar-refractivity contribution in [2.75, 3.05) is 59.5 Å². The summed E-state index contributed by atoms with van der Waals surface area (Å²) in [4.78, 5) is 19.4. The number of carbonyl (C=O) groups is 1. The van der Waals surface area contributed by atoms with Crippen LogP contribution in [0.25, 0.3) is 0 Å². The van der Waals surface area contributed by atoms with Crippen LogP contribution >= 0.6 is 11.6 Å². The highest BCUT2D eigenvalue weighted by molar-refractivity contribution is 6.30. The van der Waals surface area contributed by atoms with Crippen LogP contribution < -0.4 is 0 Å². The number of hydrogen-bond donors (Lipinski definition) is 1. The number of piperazine rings is 1. The molecule has 0 radical (unpaired) electrons. The van der Waals surface area contributed by atoms with Crippen LogP contribution in [0.1, 0.15) is 5.56 Å². The van der Waals surface area contributed by atoms with Gasteiger partial charge in [-0.25, -0.2) is 0 Å². The van der Waals surface area contributed by atoms with E-state index in [1.165, 1.54) is 0 Å². The molecule has 0 spiro atoms. The first kappa shape index (κ1) is 18.6. The summed E-state index contributed by atoms with van der Waals surface area (Å²) in [6.45, 7) is 6.89. The first-order valence-electron chi connectivity index (χ1n) is 9.09. The summed E-state index contributed by atoms with van der Waals surface area (Å²) < 4.78 is 0. The number of hydrogen-bond acceptors (Lipinski definition) is 4. The average Bonchev–Trinajstić information content (AvgIpc) is 3.02. The van der Waals surface area contributed by atoms with Gasteiger partial charge in [-0.1, -0.05) is 23.7 Å². The molecule has 2 aliphatic heterocycles. The molecular formula is C19H28ClN3O2. The third kappa shape index (κ3) is 4.94. The van der Waals surface area contributed by atoms with E-state index in [4.69, 9.17) is 11.6 Å². The molecule has 138 valence electrons. The average molecular weight is 366 g/mol. The fourth-order valence-corrected chi connectivity index (χ4v) is 3.93. The van der Waals surface area contributed by atoms with Gasteiger partial charge in [0.2, 0.25) is 5.91 Å². The Morgan fingerprint density at radius 3 is 2.40 bits per heavy atom. The smallest absolute Gasteiger partial charge is 0.227 e. The van der Waals surface area contributed by atoms with E-state index in [0.29, 0.717) is 23.9 Å². The second kappa shape index (κ2) is 8.49. The van der Waals surface area contributed by atoms with E-state index < -0.39 is 0 Å². The fourth-order valence-electron chi connectivity index (χ4n) is 3.81. The number of halogens is 1. The van der Waals surface area contributed by atoms with Gasteiger partial charge in [0.25, 0.3) is 0 Å². The highest BCUT2D eigenvalue weighted by Gasteiger charge is 2.35. The van der Waals surface area contributed by atoms with Crippen LogP contribution in [0.15, 0.2) is 24.3 Å². The van der Waals surface area contributed by atoms with Crippen molar-refractivity contribution >= 4 is 17.5 Å². The Morgan fingerprint density at radius 2 is 1.76 bits per heavy atom. The maximum Gasteiger partial charge on any atom is 0.227 e. The van der Waals surface area contributed by atoms with Crippen molar-refractivity contribution < 1.29 is 9.90 Å². The summed E-state index contributed by atoms with van der Waals surface area (Å²) in [5.41, 5.74) is 0.984. The molecule has 2 saturated heterocycles. The number of aliphatic hydroxyl groups is 1. The van der Waals surface area contributed by atoms with E-state index in [-0.39, 0.29) is 18.4 Å². The molecule has 6 heteroatoms. The lowest BCUT2D eigenvalue weighted by atomic mass is 9.96. The third-order valence-electron chi connectivity index (χ3n) is 5.52. The standard InChI is InChI=1S/C19H28ClN3O2/c1-21-6-8-22(9-7-21)11-16-12-23(13-17(16)14-24)19(25)10-15-2-4-18(20)5-3-15/h2-5,16-17,24H,6-14H2,1H3/t16-,17-/m1/s1. The molecule has 1 amide bonds. The molecule has 0 unspecified atom stereocenters. The number of benzene rings is 1. The minimum absolute atomic E-state index is 0.140. The van der Waals surface area contributed by atoms with E-state index in [1.807, 2.05) is 29.2 Å². The predicted octanol–water partition coefficient (Wildman–Crippen LogP) is 1.20. The number of aliphatic hydroxyl groups excluding tert-OH is 1. The van der Waals surface area contributed by atoms with Crippen molar-refractivity contribution in [3.05, 3.63) is 34.9 Å².